The molecule has 0 N–H and O–H groups in total. The standard InChI is InChI=1S/C10H12Cl2N2S/c1-2-6-8(11)13-10(14-9(6)12)7-4-3-5-15-7/h7H,2-5H2,1H3. The van der Waals surface area contributed by atoms with Crippen molar-refractivity contribution in [3.8, 4) is 0 Å². The zero-order valence-electron chi connectivity index (χ0n) is 8.46. The second kappa shape index (κ2) is 4.89. The Morgan fingerprint density at radius 1 is 1.33 bits per heavy atom. The van der Waals surface area contributed by atoms with E-state index < -0.39 is 0 Å². The molecule has 0 amide bonds. The molecule has 5 heteroatoms. The molecular weight excluding hydrogens is 251 g/mol. The predicted octanol–water partition coefficient (Wildman–Crippen LogP) is 3.91. The van der Waals surface area contributed by atoms with E-state index in [9.17, 15) is 0 Å². The van der Waals surface area contributed by atoms with E-state index in [0.29, 0.717) is 15.6 Å². The lowest BCUT2D eigenvalue weighted by Gasteiger charge is -2.10. The van der Waals surface area contributed by atoms with Gasteiger partial charge in [0.2, 0.25) is 0 Å². The Hall–Kier alpha value is 0.01000. The number of hydrogen-bond acceptors (Lipinski definition) is 3. The summed E-state index contributed by atoms with van der Waals surface area (Å²) in [5.41, 5.74) is 0.852. The molecule has 1 aromatic heterocycles. The zero-order valence-corrected chi connectivity index (χ0v) is 10.8. The van der Waals surface area contributed by atoms with Crippen molar-refractivity contribution in [2.24, 2.45) is 0 Å². The minimum absolute atomic E-state index is 0.380. The summed E-state index contributed by atoms with van der Waals surface area (Å²) in [7, 11) is 0. The fourth-order valence-electron chi connectivity index (χ4n) is 1.66. The first-order valence-corrected chi connectivity index (χ1v) is 6.86. The average molecular weight is 263 g/mol. The van der Waals surface area contributed by atoms with Gasteiger partial charge in [0.15, 0.2) is 0 Å². The highest BCUT2D eigenvalue weighted by atomic mass is 35.5. The van der Waals surface area contributed by atoms with E-state index in [1.54, 1.807) is 0 Å². The number of halogens is 2. The van der Waals surface area contributed by atoms with Crippen LogP contribution >= 0.6 is 35.0 Å². The molecule has 1 saturated heterocycles. The van der Waals surface area contributed by atoms with Crippen molar-refractivity contribution in [1.29, 1.82) is 0 Å². The van der Waals surface area contributed by atoms with Gasteiger partial charge in [-0.25, -0.2) is 9.97 Å². The Labute approximate surface area is 104 Å². The Morgan fingerprint density at radius 2 is 2.00 bits per heavy atom. The maximum atomic E-state index is 6.07. The Bertz CT molecular complexity index is 341. The summed E-state index contributed by atoms with van der Waals surface area (Å²) in [6.45, 7) is 2.00. The van der Waals surface area contributed by atoms with Gasteiger partial charge in [-0.15, -0.1) is 0 Å². The van der Waals surface area contributed by atoms with Crippen molar-refractivity contribution >= 4 is 35.0 Å². The van der Waals surface area contributed by atoms with Crippen LogP contribution in [0.4, 0.5) is 0 Å². The first-order valence-electron chi connectivity index (χ1n) is 5.05. The molecular formula is C10H12Cl2N2S. The molecule has 1 atom stereocenters. The molecule has 1 aromatic rings. The van der Waals surface area contributed by atoms with Crippen LogP contribution < -0.4 is 0 Å². The molecule has 0 saturated carbocycles. The molecule has 82 valence electrons. The van der Waals surface area contributed by atoms with E-state index in [1.165, 1.54) is 12.2 Å². The van der Waals surface area contributed by atoms with Crippen LogP contribution in [0.15, 0.2) is 0 Å². The van der Waals surface area contributed by atoms with Gasteiger partial charge in [-0.3, -0.25) is 0 Å². The molecule has 0 aliphatic carbocycles. The predicted molar refractivity (Wildman–Crippen MR) is 65.9 cm³/mol. The smallest absolute Gasteiger partial charge is 0.144 e. The number of thioether (sulfide) groups is 1. The van der Waals surface area contributed by atoms with Crippen molar-refractivity contribution < 1.29 is 0 Å². The van der Waals surface area contributed by atoms with Crippen LogP contribution in [0, 0.1) is 0 Å². The molecule has 1 aliphatic rings. The average Bonchev–Trinajstić information content (AvgIpc) is 2.69. The van der Waals surface area contributed by atoms with Gasteiger partial charge in [-0.2, -0.15) is 11.8 Å². The van der Waals surface area contributed by atoms with E-state index in [1.807, 2.05) is 18.7 Å². The van der Waals surface area contributed by atoms with Crippen LogP contribution in [0.25, 0.3) is 0 Å². The van der Waals surface area contributed by atoms with Crippen LogP contribution in [-0.4, -0.2) is 15.7 Å². The number of nitrogens with zero attached hydrogens (tertiary/aromatic N) is 2. The summed E-state index contributed by atoms with van der Waals surface area (Å²) in [5, 5.41) is 1.41. The SMILES string of the molecule is CCc1c(Cl)nc(C2CCCS2)nc1Cl. The van der Waals surface area contributed by atoms with Gasteiger partial charge in [0.25, 0.3) is 0 Å². The van der Waals surface area contributed by atoms with E-state index in [0.717, 1.165) is 24.2 Å². The van der Waals surface area contributed by atoms with Gasteiger partial charge in [0.1, 0.15) is 16.1 Å². The van der Waals surface area contributed by atoms with E-state index in [-0.39, 0.29) is 0 Å². The van der Waals surface area contributed by atoms with Gasteiger partial charge >= 0.3 is 0 Å². The van der Waals surface area contributed by atoms with Gasteiger partial charge in [-0.05, 0) is 25.0 Å². The molecule has 0 bridgehead atoms. The molecule has 1 aliphatic heterocycles. The first-order chi connectivity index (χ1) is 7.22. The third-order valence-corrected chi connectivity index (χ3v) is 4.49. The van der Waals surface area contributed by atoms with E-state index in [2.05, 4.69) is 9.97 Å². The fraction of sp³-hybridized carbons (Fsp3) is 0.600. The lowest BCUT2D eigenvalue weighted by atomic mass is 10.2. The Kier molecular flexibility index (Phi) is 3.75. The molecule has 2 heterocycles. The van der Waals surface area contributed by atoms with E-state index in [4.69, 9.17) is 23.2 Å². The highest BCUT2D eigenvalue weighted by molar-refractivity contribution is 7.99. The van der Waals surface area contributed by atoms with Crippen molar-refractivity contribution in [3.05, 3.63) is 21.7 Å². The van der Waals surface area contributed by atoms with Crippen molar-refractivity contribution in [1.82, 2.24) is 9.97 Å². The molecule has 1 unspecified atom stereocenters. The summed E-state index contributed by atoms with van der Waals surface area (Å²) < 4.78 is 0. The third kappa shape index (κ3) is 2.40. The summed E-state index contributed by atoms with van der Waals surface area (Å²) in [4.78, 5) is 8.67. The molecule has 0 aromatic carbocycles. The summed E-state index contributed by atoms with van der Waals surface area (Å²) in [5.74, 6) is 1.98. The number of rotatable bonds is 2. The summed E-state index contributed by atoms with van der Waals surface area (Å²) in [6, 6.07) is 0. The molecule has 0 spiro atoms. The minimum Gasteiger partial charge on any atom is -0.220 e. The highest BCUT2D eigenvalue weighted by Crippen LogP contribution is 2.39. The fourth-order valence-corrected chi connectivity index (χ4v) is 3.54. The van der Waals surface area contributed by atoms with Gasteiger partial charge in [-0.1, -0.05) is 30.1 Å². The topological polar surface area (TPSA) is 25.8 Å². The van der Waals surface area contributed by atoms with Crippen LogP contribution in [0.3, 0.4) is 0 Å². The summed E-state index contributed by atoms with van der Waals surface area (Å²) in [6.07, 6.45) is 3.13. The van der Waals surface area contributed by atoms with Crippen LogP contribution in [0.5, 0.6) is 0 Å². The highest BCUT2D eigenvalue weighted by Gasteiger charge is 2.22. The van der Waals surface area contributed by atoms with Crippen LogP contribution in [-0.2, 0) is 6.42 Å². The zero-order chi connectivity index (χ0) is 10.8. The quantitative estimate of drug-likeness (QED) is 0.756. The second-order valence-corrected chi connectivity index (χ2v) is 5.52. The molecule has 0 radical (unpaired) electrons. The van der Waals surface area contributed by atoms with Crippen molar-refractivity contribution in [2.75, 3.05) is 5.75 Å². The summed E-state index contributed by atoms with van der Waals surface area (Å²) >= 11 is 14.0. The Balaban J connectivity index is 2.33. The minimum atomic E-state index is 0.380. The van der Waals surface area contributed by atoms with Gasteiger partial charge in [0.05, 0.1) is 5.25 Å². The largest absolute Gasteiger partial charge is 0.220 e. The van der Waals surface area contributed by atoms with Crippen LogP contribution in [0.2, 0.25) is 10.3 Å². The van der Waals surface area contributed by atoms with Gasteiger partial charge < -0.3 is 0 Å². The number of aromatic nitrogens is 2. The van der Waals surface area contributed by atoms with E-state index >= 15 is 0 Å². The molecule has 2 rings (SSSR count). The van der Waals surface area contributed by atoms with Crippen LogP contribution in [0.1, 0.15) is 36.4 Å². The maximum absolute atomic E-state index is 6.07. The molecule has 1 fully saturated rings. The molecule has 15 heavy (non-hydrogen) atoms. The number of hydrogen-bond donors (Lipinski definition) is 0. The van der Waals surface area contributed by atoms with Gasteiger partial charge in [0, 0.05) is 5.56 Å². The third-order valence-electron chi connectivity index (χ3n) is 2.49. The second-order valence-electron chi connectivity index (χ2n) is 3.50. The van der Waals surface area contributed by atoms with Crippen molar-refractivity contribution in [2.45, 2.75) is 31.4 Å². The van der Waals surface area contributed by atoms with Crippen molar-refractivity contribution in [3.63, 3.8) is 0 Å². The molecule has 2 nitrogen and oxygen atoms in total. The lowest BCUT2D eigenvalue weighted by Crippen LogP contribution is -2.02. The first kappa shape index (κ1) is 11.5. The lowest BCUT2D eigenvalue weighted by molar-refractivity contribution is 0.773. The maximum Gasteiger partial charge on any atom is 0.144 e. The normalized spacial score (nSPS) is 20.9. The Morgan fingerprint density at radius 3 is 2.47 bits per heavy atom. The monoisotopic (exact) mass is 262 g/mol.